The molecule has 8 atom stereocenters. The van der Waals surface area contributed by atoms with Crippen molar-refractivity contribution in [2.24, 2.45) is 5.92 Å². The lowest BCUT2D eigenvalue weighted by Crippen LogP contribution is -2.46. The van der Waals surface area contributed by atoms with Crippen LogP contribution in [-0.4, -0.2) is 122 Å². The van der Waals surface area contributed by atoms with E-state index >= 15 is 0 Å². The van der Waals surface area contributed by atoms with Gasteiger partial charge in [-0.15, -0.1) is 0 Å². The van der Waals surface area contributed by atoms with E-state index in [0.717, 1.165) is 12.2 Å². The van der Waals surface area contributed by atoms with Gasteiger partial charge in [0.1, 0.15) is 29.6 Å². The third kappa shape index (κ3) is 16.1. The van der Waals surface area contributed by atoms with Crippen molar-refractivity contribution in [1.29, 1.82) is 0 Å². The molecule has 0 saturated carbocycles. The molecule has 5 amide bonds. The molecule has 2 heterocycles. The van der Waals surface area contributed by atoms with Crippen LogP contribution in [0.4, 0.5) is 4.79 Å². The topological polar surface area (TPSA) is 203 Å². The first-order chi connectivity index (χ1) is 28.4. The van der Waals surface area contributed by atoms with Gasteiger partial charge in [-0.1, -0.05) is 54.8 Å². The van der Waals surface area contributed by atoms with E-state index in [1.165, 1.54) is 49.1 Å². The number of aliphatic hydroxyl groups is 1. The second-order valence-corrected chi connectivity index (χ2v) is 15.7. The number of unbranched alkanes of at least 4 members (excludes halogenated alkanes) is 2. The van der Waals surface area contributed by atoms with Gasteiger partial charge in [-0.3, -0.25) is 24.1 Å². The zero-order valence-corrected chi connectivity index (χ0v) is 38.2. The van der Waals surface area contributed by atoms with Crippen molar-refractivity contribution in [3.63, 3.8) is 0 Å². The van der Waals surface area contributed by atoms with Gasteiger partial charge in [0.05, 0.1) is 24.7 Å². The van der Waals surface area contributed by atoms with Gasteiger partial charge in [0, 0.05) is 59.4 Å². The van der Waals surface area contributed by atoms with Crippen LogP contribution in [0.15, 0.2) is 42.0 Å². The number of methoxy groups -OCH3 is 2. The minimum absolute atomic E-state index is 0.0515. The van der Waals surface area contributed by atoms with Crippen LogP contribution in [0.25, 0.3) is 0 Å². The molecule has 7 unspecified atom stereocenters. The Morgan fingerprint density at radius 2 is 1.78 bits per heavy atom. The van der Waals surface area contributed by atoms with Gasteiger partial charge in [-0.05, 0) is 74.0 Å². The van der Waals surface area contributed by atoms with E-state index in [1.54, 1.807) is 21.0 Å². The maximum absolute atomic E-state index is 13.2. The zero-order chi connectivity index (χ0) is 45.2. The first kappa shape index (κ1) is 52.1. The van der Waals surface area contributed by atoms with Crippen molar-refractivity contribution in [2.45, 2.75) is 129 Å². The van der Waals surface area contributed by atoms with Gasteiger partial charge < -0.3 is 44.1 Å². The minimum atomic E-state index is -1.21. The number of nitrogens with one attached hydrogen (secondary N) is 2. The number of esters is 1. The van der Waals surface area contributed by atoms with E-state index < -0.39 is 60.1 Å². The highest BCUT2D eigenvalue weighted by atomic mass is 35.5. The summed E-state index contributed by atoms with van der Waals surface area (Å²) in [6, 6.07) is 4.91. The first-order valence-electron chi connectivity index (χ1n) is 20.0. The molecule has 0 aliphatic carbocycles. The average Bonchev–Trinajstić information content (AvgIpc) is 3.83. The molecule has 18 heteroatoms. The molecule has 0 radical (unpaired) electrons. The maximum Gasteiger partial charge on any atom is 0.410 e. The largest absolute Gasteiger partial charge is 0.495 e. The number of hydrogen-bond acceptors (Lipinski definition) is 12. The fourth-order valence-corrected chi connectivity index (χ4v) is 6.89. The Balaban J connectivity index is 0.000000646. The Hall–Kier alpha value is -4.08. The number of allylic oxidation sites excluding steroid dienone is 4. The van der Waals surface area contributed by atoms with E-state index in [-0.39, 0.29) is 49.8 Å². The molecule has 1 aromatic carbocycles. The number of imide groups is 1. The predicted molar refractivity (Wildman–Crippen MR) is 229 cm³/mol. The van der Waals surface area contributed by atoms with E-state index in [2.05, 4.69) is 23.4 Å². The van der Waals surface area contributed by atoms with Crippen LogP contribution in [0, 0.1) is 5.92 Å². The number of amides is 5. The number of likely N-dealkylation sites (tertiary alicyclic amines) is 1. The lowest BCUT2D eigenvalue weighted by Gasteiger charge is -2.29. The van der Waals surface area contributed by atoms with Crippen molar-refractivity contribution in [1.82, 2.24) is 20.2 Å². The number of benzene rings is 1. The quantitative estimate of drug-likeness (QED) is 0.0267. The summed E-state index contributed by atoms with van der Waals surface area (Å²) >= 11 is 5.97. The average molecular weight is 883 g/mol. The zero-order valence-electron chi connectivity index (χ0n) is 36.3. The fraction of sp³-hybridized carbons (Fsp3) is 0.619. The number of carbonyl (C=O) groups is 6. The van der Waals surface area contributed by atoms with E-state index in [1.807, 2.05) is 46.7 Å². The number of carbonyl (C=O) groups excluding carboxylic acids is 6. The van der Waals surface area contributed by atoms with Crippen molar-refractivity contribution < 1.29 is 57.6 Å². The Kier molecular flexibility index (Phi) is 22.2. The van der Waals surface area contributed by atoms with Gasteiger partial charge in [0.25, 0.3) is 0 Å². The fourth-order valence-electron chi connectivity index (χ4n) is 6.63. The highest BCUT2D eigenvalue weighted by Gasteiger charge is 2.63. The Morgan fingerprint density at radius 3 is 2.37 bits per heavy atom. The SMILES string of the molecule is C/C=C/C=C(\C)Cc1ccc(Cl)c(OC)c1.CNC(=O)CC(OC(=O)[C@H](C)N(C)C(=O)CCCCCN1C(=O)CCC1=O)C1(C)OC1C(C)C(CC(O)OC)OC(=O)NP. The summed E-state index contributed by atoms with van der Waals surface area (Å²) in [6.45, 7) is 9.40. The van der Waals surface area contributed by atoms with Crippen molar-refractivity contribution in [3.05, 3.63) is 52.6 Å². The summed E-state index contributed by atoms with van der Waals surface area (Å²) in [7, 11) is 7.91. The van der Waals surface area contributed by atoms with Gasteiger partial charge in [-0.25, -0.2) is 9.59 Å². The highest BCUT2D eigenvalue weighted by molar-refractivity contribution is 7.15. The minimum Gasteiger partial charge on any atom is -0.495 e. The molecule has 3 N–H and O–H groups in total. The molecule has 2 aliphatic heterocycles. The Bertz CT molecular complexity index is 1680. The van der Waals surface area contributed by atoms with Crippen LogP contribution in [0.2, 0.25) is 5.02 Å². The molecule has 336 valence electrons. The molecular formula is C42H64ClN4O12P. The molecule has 2 aliphatic rings. The summed E-state index contributed by atoms with van der Waals surface area (Å²) in [6.07, 6.45) is 4.76. The van der Waals surface area contributed by atoms with Crippen molar-refractivity contribution in [3.8, 4) is 5.75 Å². The summed E-state index contributed by atoms with van der Waals surface area (Å²) in [4.78, 5) is 76.3. The highest BCUT2D eigenvalue weighted by Crippen LogP contribution is 2.48. The van der Waals surface area contributed by atoms with Crippen LogP contribution < -0.4 is 15.1 Å². The number of aliphatic hydroxyl groups excluding tert-OH is 1. The number of hydrogen-bond donors (Lipinski definition) is 3. The predicted octanol–water partition coefficient (Wildman–Crippen LogP) is 5.04. The molecule has 0 bridgehead atoms. The number of halogens is 1. The van der Waals surface area contributed by atoms with Gasteiger partial charge in [0.15, 0.2) is 6.29 Å². The lowest BCUT2D eigenvalue weighted by atomic mass is 9.87. The molecule has 2 fully saturated rings. The molecule has 1 aromatic rings. The summed E-state index contributed by atoms with van der Waals surface area (Å²) in [5.74, 6) is -1.51. The molecule has 0 aromatic heterocycles. The normalized spacial score (nSPS) is 20.0. The Morgan fingerprint density at radius 1 is 1.12 bits per heavy atom. The third-order valence-corrected chi connectivity index (χ3v) is 11.1. The van der Waals surface area contributed by atoms with Gasteiger partial charge in [-0.2, -0.15) is 0 Å². The van der Waals surface area contributed by atoms with Crippen LogP contribution in [0.5, 0.6) is 5.75 Å². The number of epoxide rings is 1. The maximum atomic E-state index is 13.2. The van der Waals surface area contributed by atoms with Crippen LogP contribution >= 0.6 is 21.0 Å². The summed E-state index contributed by atoms with van der Waals surface area (Å²) in [5, 5.41) is 15.5. The molecule has 60 heavy (non-hydrogen) atoms. The second-order valence-electron chi connectivity index (χ2n) is 15.0. The third-order valence-electron chi connectivity index (χ3n) is 10.6. The first-order valence-corrected chi connectivity index (χ1v) is 21.0. The number of likely N-dealkylation sites (N-methyl/N-ethyl adjacent to an activating group) is 1. The van der Waals surface area contributed by atoms with E-state index in [4.69, 9.17) is 35.3 Å². The number of ether oxygens (including phenoxy) is 5. The standard InChI is InChI=1S/C28H47N4O11P.C14H17ClO/c1-16(18(14-24(37)40-6)41-27(39)30-44)25-28(3,43-25)19(15-20(33)29-4)42-26(38)17(2)31(5)21(34)10-8-7-9-13-32-22(35)11-12-23(32)36;1-4-5-6-11(2)9-12-7-8-13(15)14(10-12)16-3/h16-19,24-25,37H,7-15,44H2,1-6H3,(H,29,33)(H,30,39);4-8,10H,9H2,1-3H3/b;5-4+,11-6+/t16?,17-,18?,19?,24?,25?,28?;/m0./s1. The molecule has 0 spiro atoms. The smallest absolute Gasteiger partial charge is 0.410 e. The van der Waals surface area contributed by atoms with Crippen LogP contribution in [0.3, 0.4) is 0 Å². The molecule has 2 saturated heterocycles. The number of rotatable bonds is 22. The monoisotopic (exact) mass is 882 g/mol. The van der Waals surface area contributed by atoms with Crippen LogP contribution in [0.1, 0.15) is 91.5 Å². The van der Waals surface area contributed by atoms with E-state index in [0.29, 0.717) is 30.8 Å². The Labute approximate surface area is 361 Å². The van der Waals surface area contributed by atoms with E-state index in [9.17, 15) is 33.9 Å². The van der Waals surface area contributed by atoms with Crippen molar-refractivity contribution in [2.75, 3.05) is 34.9 Å². The number of nitrogens with zero attached hydrogens (tertiary/aromatic N) is 2. The van der Waals surface area contributed by atoms with Gasteiger partial charge >= 0.3 is 12.1 Å². The molecular weight excluding hydrogens is 819 g/mol. The lowest BCUT2D eigenvalue weighted by molar-refractivity contribution is -0.162. The second kappa shape index (κ2) is 25.6. The molecule has 3 rings (SSSR count). The molecule has 16 nitrogen and oxygen atoms in total. The summed E-state index contributed by atoms with van der Waals surface area (Å²) in [5.41, 5.74) is 1.39. The summed E-state index contributed by atoms with van der Waals surface area (Å²) < 4.78 is 27.3. The van der Waals surface area contributed by atoms with Crippen LogP contribution in [-0.2, 0) is 49.3 Å². The van der Waals surface area contributed by atoms with Gasteiger partial charge in [0.2, 0.25) is 23.6 Å². The van der Waals surface area contributed by atoms with Crippen molar-refractivity contribution >= 4 is 56.7 Å².